The first kappa shape index (κ1) is 28.2. The molecule has 1 aromatic heterocycles. The number of nitrogens with zero attached hydrogens (tertiary/aromatic N) is 1. The minimum atomic E-state index is -4.21. The number of hydrogen-bond acceptors (Lipinski definition) is 10. The van der Waals surface area contributed by atoms with E-state index in [-0.39, 0.29) is 12.4 Å². The quantitative estimate of drug-likeness (QED) is 0.198. The molecule has 0 aliphatic carbocycles. The lowest BCUT2D eigenvalue weighted by Gasteiger charge is -2.44. The van der Waals surface area contributed by atoms with Crippen molar-refractivity contribution in [2.45, 2.75) is 63.2 Å². The van der Waals surface area contributed by atoms with Crippen molar-refractivity contribution in [2.24, 2.45) is 0 Å². The molecule has 2 aliphatic heterocycles. The number of H-pyrrole nitrogens is 1. The molecule has 2 fully saturated rings. The van der Waals surface area contributed by atoms with Gasteiger partial charge in [-0.2, -0.15) is 5.09 Å². The van der Waals surface area contributed by atoms with Crippen molar-refractivity contribution in [2.75, 3.05) is 19.8 Å². The number of unbranched alkanes of at least 4 members (excludes halogenated alkanes) is 1. The maximum absolute atomic E-state index is 13.8. The van der Waals surface area contributed by atoms with Gasteiger partial charge in [0.1, 0.15) is 29.6 Å². The molecule has 38 heavy (non-hydrogen) atoms. The predicted molar refractivity (Wildman–Crippen MR) is 134 cm³/mol. The van der Waals surface area contributed by atoms with Crippen LogP contribution in [0.3, 0.4) is 0 Å². The van der Waals surface area contributed by atoms with Gasteiger partial charge in [-0.15, -0.1) is 0 Å². The van der Waals surface area contributed by atoms with Gasteiger partial charge in [0.25, 0.3) is 5.56 Å². The summed E-state index contributed by atoms with van der Waals surface area (Å²) in [6.07, 6.45) is -0.261. The summed E-state index contributed by atoms with van der Waals surface area (Å²) in [6.45, 7) is 3.55. The molecule has 14 heteroatoms. The number of carbonyl (C=O) groups excluding carboxylic acids is 1. The summed E-state index contributed by atoms with van der Waals surface area (Å²) in [5, 5.41) is 13.7. The second kappa shape index (κ2) is 11.9. The normalized spacial score (nSPS) is 26.9. The van der Waals surface area contributed by atoms with E-state index < -0.39 is 61.7 Å². The van der Waals surface area contributed by atoms with Crippen molar-refractivity contribution >= 4 is 13.7 Å². The summed E-state index contributed by atoms with van der Waals surface area (Å²) < 4.78 is 43.0. The van der Waals surface area contributed by atoms with Gasteiger partial charge in [0, 0.05) is 18.7 Å². The Morgan fingerprint density at radius 2 is 2.05 bits per heavy atom. The molecule has 2 saturated heterocycles. The summed E-state index contributed by atoms with van der Waals surface area (Å²) in [4.78, 5) is 38.5. The van der Waals surface area contributed by atoms with Gasteiger partial charge < -0.3 is 23.8 Å². The third-order valence-corrected chi connectivity index (χ3v) is 8.01. The average Bonchev–Trinajstić information content (AvgIpc) is 3.15. The Morgan fingerprint density at radius 3 is 2.68 bits per heavy atom. The highest BCUT2D eigenvalue weighted by atomic mass is 31.2. The monoisotopic (exact) mass is 553 g/mol. The van der Waals surface area contributed by atoms with Gasteiger partial charge in [0.05, 0.1) is 19.8 Å². The molecule has 2 aromatic rings. The molecule has 208 valence electrons. The van der Waals surface area contributed by atoms with Crippen LogP contribution < -0.4 is 20.9 Å². The number of aliphatic hydroxyl groups is 1. The number of benzene rings is 1. The Balaban J connectivity index is 1.51. The summed E-state index contributed by atoms with van der Waals surface area (Å²) >= 11 is 0. The second-order valence-corrected chi connectivity index (χ2v) is 10.8. The molecule has 1 unspecified atom stereocenters. The van der Waals surface area contributed by atoms with Crippen LogP contribution in [0.2, 0.25) is 0 Å². The van der Waals surface area contributed by atoms with E-state index in [9.17, 15) is 24.1 Å². The average molecular weight is 554 g/mol. The Hall–Kier alpha value is -2.80. The minimum absolute atomic E-state index is 0.222. The largest absolute Gasteiger partial charge is 0.465 e. The number of aliphatic hydroxyl groups excluding tert-OH is 1. The summed E-state index contributed by atoms with van der Waals surface area (Å²) in [5.41, 5.74) is -2.58. The summed E-state index contributed by atoms with van der Waals surface area (Å²) in [5.74, 6) is -0.408. The fourth-order valence-corrected chi connectivity index (χ4v) is 5.74. The molecule has 0 saturated carbocycles. The van der Waals surface area contributed by atoms with E-state index in [1.165, 1.54) is 13.1 Å². The number of carbonyl (C=O) groups is 1. The van der Waals surface area contributed by atoms with Crippen molar-refractivity contribution in [1.82, 2.24) is 14.6 Å². The summed E-state index contributed by atoms with van der Waals surface area (Å²) in [6, 6.07) is 8.35. The van der Waals surface area contributed by atoms with Gasteiger partial charge >= 0.3 is 19.4 Å². The van der Waals surface area contributed by atoms with Gasteiger partial charge in [-0.1, -0.05) is 31.5 Å². The van der Waals surface area contributed by atoms with Crippen LogP contribution >= 0.6 is 7.75 Å². The highest BCUT2D eigenvalue weighted by molar-refractivity contribution is 7.52. The molecule has 0 bridgehead atoms. The number of nitrogens with one attached hydrogen (secondary N) is 2. The number of aromatic amines is 1. The fourth-order valence-electron chi connectivity index (χ4n) is 4.24. The van der Waals surface area contributed by atoms with Crippen LogP contribution in [-0.4, -0.2) is 64.3 Å². The molecular formula is C24H32N3O10P. The fraction of sp³-hybridized carbons (Fsp3) is 0.542. The van der Waals surface area contributed by atoms with Crippen LogP contribution in [0, 0.1) is 0 Å². The number of para-hydroxylation sites is 1. The van der Waals surface area contributed by atoms with Crippen LogP contribution in [-0.2, 0) is 28.1 Å². The smallest absolute Gasteiger partial charge is 0.459 e. The summed E-state index contributed by atoms with van der Waals surface area (Å²) in [7, 11) is -4.21. The molecule has 2 aliphatic rings. The molecule has 0 radical (unpaired) electrons. The Labute approximate surface area is 218 Å². The van der Waals surface area contributed by atoms with Crippen molar-refractivity contribution < 1.29 is 37.7 Å². The van der Waals surface area contributed by atoms with Crippen LogP contribution in [0.1, 0.15) is 39.3 Å². The lowest BCUT2D eigenvalue weighted by Crippen LogP contribution is -2.57. The highest BCUT2D eigenvalue weighted by Gasteiger charge is 2.62. The van der Waals surface area contributed by atoms with Crippen molar-refractivity contribution in [3.05, 3.63) is 63.4 Å². The maximum Gasteiger partial charge on any atom is 0.459 e. The lowest BCUT2D eigenvalue weighted by molar-refractivity contribution is -0.227. The molecule has 6 atom stereocenters. The number of ether oxygens (including phenoxy) is 3. The molecule has 13 nitrogen and oxygen atoms in total. The van der Waals surface area contributed by atoms with Crippen LogP contribution in [0.4, 0.5) is 0 Å². The first-order chi connectivity index (χ1) is 18.2. The topological polar surface area (TPSA) is 167 Å². The lowest BCUT2D eigenvalue weighted by atomic mass is 9.86. The van der Waals surface area contributed by atoms with Gasteiger partial charge in [-0.25, -0.2) is 9.36 Å². The molecule has 3 N–H and O–H groups in total. The van der Waals surface area contributed by atoms with Crippen molar-refractivity contribution in [1.29, 1.82) is 0 Å². The number of esters is 1. The van der Waals surface area contributed by atoms with E-state index in [1.807, 2.05) is 6.92 Å². The number of hydrogen-bond donors (Lipinski definition) is 3. The Morgan fingerprint density at radius 1 is 1.32 bits per heavy atom. The molecule has 1 aromatic carbocycles. The highest BCUT2D eigenvalue weighted by Crippen LogP contribution is 2.50. The van der Waals surface area contributed by atoms with E-state index in [0.29, 0.717) is 19.4 Å². The third-order valence-electron chi connectivity index (χ3n) is 6.37. The van der Waals surface area contributed by atoms with Crippen molar-refractivity contribution in [3.63, 3.8) is 0 Å². The zero-order valence-electron chi connectivity index (χ0n) is 21.1. The van der Waals surface area contributed by atoms with E-state index in [1.54, 1.807) is 30.3 Å². The van der Waals surface area contributed by atoms with Gasteiger partial charge in [0.15, 0.2) is 6.23 Å². The molecule has 3 heterocycles. The van der Waals surface area contributed by atoms with Gasteiger partial charge in [0.2, 0.25) is 0 Å². The number of aromatic nitrogens is 2. The zero-order chi connectivity index (χ0) is 27.3. The van der Waals surface area contributed by atoms with E-state index in [2.05, 4.69) is 10.1 Å². The van der Waals surface area contributed by atoms with E-state index in [0.717, 1.165) is 17.1 Å². The van der Waals surface area contributed by atoms with Crippen LogP contribution in [0.15, 0.2) is 52.2 Å². The minimum Gasteiger partial charge on any atom is -0.465 e. The first-order valence-electron chi connectivity index (χ1n) is 12.4. The van der Waals surface area contributed by atoms with Crippen LogP contribution in [0.5, 0.6) is 5.75 Å². The first-order valence-corrected chi connectivity index (χ1v) is 13.9. The molecule has 4 rings (SSSR count). The third kappa shape index (κ3) is 6.09. The zero-order valence-corrected chi connectivity index (χ0v) is 22.0. The molecule has 0 amide bonds. The van der Waals surface area contributed by atoms with Gasteiger partial charge in [-0.3, -0.25) is 23.7 Å². The Bertz CT molecular complexity index is 1260. The maximum atomic E-state index is 13.8. The Kier molecular flexibility index (Phi) is 8.86. The van der Waals surface area contributed by atoms with Gasteiger partial charge in [-0.05, 0) is 25.5 Å². The predicted octanol–water partition coefficient (Wildman–Crippen LogP) is 1.48. The second-order valence-electron chi connectivity index (χ2n) is 9.11. The SMILES string of the molecule is CCCCOC(=O)[C@@H](C)NP(=O)(OC[C@H]1O[C@@H](n2ccc(=O)[nH]c2=O)[C@@]2(CCO2)[C@@H]1O)Oc1ccccc1. The van der Waals surface area contributed by atoms with Crippen LogP contribution in [0.25, 0.3) is 0 Å². The van der Waals surface area contributed by atoms with Crippen molar-refractivity contribution in [3.8, 4) is 5.75 Å². The van der Waals surface area contributed by atoms with E-state index >= 15 is 0 Å². The standard InChI is InChI=1S/C24H32N3O10P/c1-3-4-13-33-21(30)16(2)26-38(32,37-17-8-6-5-7-9-17)35-15-18-20(29)24(11-14-34-24)22(36-18)27-12-10-19(28)25-23(27)31/h5-10,12,16,18,20,22,29H,3-4,11,13-15H2,1-2H3,(H,26,32)(H,25,28,31)/t16-,18-,20-,22-,24-,38?/m1/s1. The molecule has 1 spiro atoms. The van der Waals surface area contributed by atoms with E-state index in [4.69, 9.17) is 23.3 Å². The number of rotatable bonds is 12. The molecular weight excluding hydrogens is 521 g/mol.